The SMILES string of the molecule is CC(C)(C)OC(=O)N[C@@H](CCN(CCCCCO[Si](C)(C)C(C)(C)C)C(=O)OC(C)(C)C)C(=O)OC(C)(C)C. The fourth-order valence-electron chi connectivity index (χ4n) is 3.10. The molecule has 0 spiro atoms. The summed E-state index contributed by atoms with van der Waals surface area (Å²) in [6.45, 7) is 28.5. The fraction of sp³-hybridized carbons (Fsp3) is 0.897. The summed E-state index contributed by atoms with van der Waals surface area (Å²) in [6, 6.07) is -0.984. The van der Waals surface area contributed by atoms with E-state index in [1.54, 1.807) is 46.4 Å². The zero-order valence-electron chi connectivity index (χ0n) is 27.3. The molecule has 230 valence electrons. The van der Waals surface area contributed by atoms with Gasteiger partial charge in [0.05, 0.1) is 0 Å². The number of carbonyl (C=O) groups excluding carboxylic acids is 3. The minimum atomic E-state index is -1.79. The van der Waals surface area contributed by atoms with Crippen molar-refractivity contribution in [3.63, 3.8) is 0 Å². The predicted molar refractivity (Wildman–Crippen MR) is 158 cm³/mol. The van der Waals surface area contributed by atoms with Crippen LogP contribution >= 0.6 is 0 Å². The van der Waals surface area contributed by atoms with E-state index in [0.29, 0.717) is 13.2 Å². The molecule has 10 heteroatoms. The molecule has 2 amide bonds. The Hall–Kier alpha value is -1.81. The highest BCUT2D eigenvalue weighted by Crippen LogP contribution is 2.36. The standard InChI is InChI=1S/C29H58N2O7Si/c1-26(2,3)36-23(32)22(30-24(33)37-27(4,5)6)18-20-31(25(34)38-28(7,8)9)19-16-15-17-21-35-39(13,14)29(10,11)12/h22H,15-21H2,1-14H3,(H,30,33)/t22-/m0/s1. The van der Waals surface area contributed by atoms with Gasteiger partial charge in [0, 0.05) is 19.7 Å². The van der Waals surface area contributed by atoms with E-state index in [2.05, 4.69) is 39.2 Å². The van der Waals surface area contributed by atoms with Crippen LogP contribution in [0.25, 0.3) is 0 Å². The van der Waals surface area contributed by atoms with Gasteiger partial charge in [-0.25, -0.2) is 14.4 Å². The third-order valence-electron chi connectivity index (χ3n) is 6.06. The minimum Gasteiger partial charge on any atom is -0.458 e. The van der Waals surface area contributed by atoms with Crippen LogP contribution in [0, 0.1) is 0 Å². The Balaban J connectivity index is 5.33. The van der Waals surface area contributed by atoms with E-state index in [4.69, 9.17) is 18.6 Å². The Labute approximate surface area is 239 Å². The number of alkyl carbamates (subject to hydrolysis) is 1. The zero-order chi connectivity index (χ0) is 30.9. The smallest absolute Gasteiger partial charge is 0.410 e. The average molecular weight is 575 g/mol. The lowest BCUT2D eigenvalue weighted by Crippen LogP contribution is -2.48. The third kappa shape index (κ3) is 17.5. The zero-order valence-corrected chi connectivity index (χ0v) is 28.3. The van der Waals surface area contributed by atoms with Gasteiger partial charge >= 0.3 is 18.2 Å². The quantitative estimate of drug-likeness (QED) is 0.115. The second-order valence-corrected chi connectivity index (χ2v) is 19.5. The van der Waals surface area contributed by atoms with E-state index in [1.165, 1.54) is 0 Å². The molecule has 0 radical (unpaired) electrons. The summed E-state index contributed by atoms with van der Waals surface area (Å²) >= 11 is 0. The van der Waals surface area contributed by atoms with Crippen LogP contribution in [-0.2, 0) is 23.4 Å². The maximum absolute atomic E-state index is 13.0. The summed E-state index contributed by atoms with van der Waals surface area (Å²) in [7, 11) is -1.79. The van der Waals surface area contributed by atoms with E-state index >= 15 is 0 Å². The lowest BCUT2D eigenvalue weighted by atomic mass is 10.1. The van der Waals surface area contributed by atoms with Crippen molar-refractivity contribution in [2.75, 3.05) is 19.7 Å². The number of amides is 2. The van der Waals surface area contributed by atoms with Gasteiger partial charge in [-0.15, -0.1) is 0 Å². The highest BCUT2D eigenvalue weighted by Gasteiger charge is 2.37. The van der Waals surface area contributed by atoms with Gasteiger partial charge in [-0.1, -0.05) is 20.8 Å². The fourth-order valence-corrected chi connectivity index (χ4v) is 4.19. The Morgan fingerprint density at radius 3 is 1.69 bits per heavy atom. The van der Waals surface area contributed by atoms with Gasteiger partial charge in [-0.05, 0) is 106 Å². The number of carbonyl (C=O) groups is 3. The number of nitrogens with zero attached hydrogens (tertiary/aromatic N) is 1. The first-order chi connectivity index (χ1) is 17.3. The molecule has 0 heterocycles. The number of nitrogens with one attached hydrogen (secondary N) is 1. The molecular weight excluding hydrogens is 516 g/mol. The second kappa shape index (κ2) is 14.7. The van der Waals surface area contributed by atoms with Crippen molar-refractivity contribution >= 4 is 26.5 Å². The van der Waals surface area contributed by atoms with Gasteiger partial charge < -0.3 is 28.9 Å². The van der Waals surface area contributed by atoms with E-state index in [1.807, 2.05) is 20.8 Å². The molecule has 9 nitrogen and oxygen atoms in total. The maximum atomic E-state index is 13.0. The van der Waals surface area contributed by atoms with E-state index in [9.17, 15) is 14.4 Å². The highest BCUT2D eigenvalue weighted by atomic mass is 28.4. The molecule has 0 saturated heterocycles. The Morgan fingerprint density at radius 2 is 1.23 bits per heavy atom. The normalized spacial score (nSPS) is 13.9. The molecule has 0 aliphatic carbocycles. The van der Waals surface area contributed by atoms with Gasteiger partial charge in [0.15, 0.2) is 8.32 Å². The van der Waals surface area contributed by atoms with Gasteiger partial charge in [0.1, 0.15) is 22.8 Å². The molecular formula is C29H58N2O7Si. The van der Waals surface area contributed by atoms with Crippen molar-refractivity contribution in [1.82, 2.24) is 10.2 Å². The first-order valence-electron chi connectivity index (χ1n) is 14.2. The topological polar surface area (TPSA) is 103 Å². The summed E-state index contributed by atoms with van der Waals surface area (Å²) in [5.74, 6) is -0.583. The molecule has 0 aromatic carbocycles. The van der Waals surface area contributed by atoms with Crippen LogP contribution in [0.5, 0.6) is 0 Å². The molecule has 0 aliphatic heterocycles. The van der Waals surface area contributed by atoms with Crippen LogP contribution in [0.4, 0.5) is 9.59 Å². The van der Waals surface area contributed by atoms with Gasteiger partial charge in [-0.2, -0.15) is 0 Å². The minimum absolute atomic E-state index is 0.155. The molecule has 0 aliphatic rings. The van der Waals surface area contributed by atoms with Crippen LogP contribution in [0.15, 0.2) is 0 Å². The summed E-state index contributed by atoms with van der Waals surface area (Å²) in [5, 5.41) is 2.79. The van der Waals surface area contributed by atoms with Crippen LogP contribution in [-0.4, -0.2) is 73.9 Å². The maximum Gasteiger partial charge on any atom is 0.410 e. The number of ether oxygens (including phenoxy) is 3. The molecule has 39 heavy (non-hydrogen) atoms. The summed E-state index contributed by atoms with van der Waals surface area (Å²) < 4.78 is 22.8. The third-order valence-corrected chi connectivity index (χ3v) is 10.6. The number of esters is 1. The molecule has 0 rings (SSSR count). The Kier molecular flexibility index (Phi) is 14.0. The Bertz CT molecular complexity index is 787. The van der Waals surface area contributed by atoms with Crippen molar-refractivity contribution < 1.29 is 33.0 Å². The van der Waals surface area contributed by atoms with Crippen molar-refractivity contribution in [1.29, 1.82) is 0 Å². The number of hydrogen-bond donors (Lipinski definition) is 1. The molecule has 0 bridgehead atoms. The van der Waals surface area contributed by atoms with E-state index in [0.717, 1.165) is 19.3 Å². The monoisotopic (exact) mass is 574 g/mol. The van der Waals surface area contributed by atoms with Crippen LogP contribution in [0.2, 0.25) is 18.1 Å². The number of rotatable bonds is 12. The van der Waals surface area contributed by atoms with E-state index in [-0.39, 0.29) is 18.0 Å². The first kappa shape index (κ1) is 37.2. The molecule has 0 unspecified atom stereocenters. The predicted octanol–water partition coefficient (Wildman–Crippen LogP) is 7.04. The number of unbranched alkanes of at least 4 members (excludes halogenated alkanes) is 2. The molecule has 1 N–H and O–H groups in total. The first-order valence-corrected chi connectivity index (χ1v) is 17.1. The number of hydrogen-bond acceptors (Lipinski definition) is 7. The molecule has 1 atom stereocenters. The highest BCUT2D eigenvalue weighted by molar-refractivity contribution is 6.74. The molecule has 0 saturated carbocycles. The van der Waals surface area contributed by atoms with Crippen LogP contribution in [0.3, 0.4) is 0 Å². The van der Waals surface area contributed by atoms with Crippen LogP contribution in [0.1, 0.15) is 109 Å². The van der Waals surface area contributed by atoms with Crippen molar-refractivity contribution in [3.05, 3.63) is 0 Å². The summed E-state index contributed by atoms with van der Waals surface area (Å²) in [5.41, 5.74) is -2.12. The van der Waals surface area contributed by atoms with Crippen molar-refractivity contribution in [2.24, 2.45) is 0 Å². The lowest BCUT2D eigenvalue weighted by Gasteiger charge is -2.36. The van der Waals surface area contributed by atoms with Gasteiger partial charge in [0.25, 0.3) is 0 Å². The molecule has 0 aromatic rings. The lowest BCUT2D eigenvalue weighted by molar-refractivity contribution is -0.157. The summed E-state index contributed by atoms with van der Waals surface area (Å²) in [4.78, 5) is 40.0. The summed E-state index contributed by atoms with van der Waals surface area (Å²) in [6.07, 6.45) is 1.53. The van der Waals surface area contributed by atoms with Crippen molar-refractivity contribution in [3.8, 4) is 0 Å². The largest absolute Gasteiger partial charge is 0.458 e. The van der Waals surface area contributed by atoms with E-state index < -0.39 is 49.3 Å². The van der Waals surface area contributed by atoms with Gasteiger partial charge in [0.2, 0.25) is 0 Å². The van der Waals surface area contributed by atoms with Gasteiger partial charge in [-0.3, -0.25) is 0 Å². The van der Waals surface area contributed by atoms with Crippen LogP contribution < -0.4 is 5.32 Å². The second-order valence-electron chi connectivity index (χ2n) is 14.7. The average Bonchev–Trinajstić information content (AvgIpc) is 2.66. The Morgan fingerprint density at radius 1 is 0.718 bits per heavy atom. The molecule has 0 fully saturated rings. The molecule has 0 aromatic heterocycles. The van der Waals surface area contributed by atoms with Crippen molar-refractivity contribution in [2.45, 2.75) is 150 Å².